The van der Waals surface area contributed by atoms with Gasteiger partial charge in [-0.2, -0.15) is 0 Å². The van der Waals surface area contributed by atoms with E-state index in [1.165, 1.54) is 87.9 Å². The molecule has 4 heterocycles. The first-order valence-corrected chi connectivity index (χ1v) is 20.5. The fourth-order valence-electron chi connectivity index (χ4n) is 9.52. The van der Waals surface area contributed by atoms with Crippen molar-refractivity contribution in [2.24, 2.45) is 0 Å². The van der Waals surface area contributed by atoms with Gasteiger partial charge in [-0.05, 0) is 103 Å². The summed E-state index contributed by atoms with van der Waals surface area (Å²) in [7, 11) is 0. The second-order valence-corrected chi connectivity index (χ2v) is 20.7. The summed E-state index contributed by atoms with van der Waals surface area (Å²) in [5.41, 5.74) is 16.5. The minimum Gasteiger partial charge on any atom is -0.458 e. The van der Waals surface area contributed by atoms with E-state index in [0.717, 1.165) is 17.2 Å². The molecule has 0 unspecified atom stereocenters. The highest BCUT2D eigenvalue weighted by Crippen LogP contribution is 2.46. The normalized spacial score (nSPS) is 14.2. The molecule has 4 heteroatoms. The maximum atomic E-state index is 7.23. The van der Waals surface area contributed by atoms with Crippen molar-refractivity contribution < 1.29 is 4.74 Å². The van der Waals surface area contributed by atoms with Crippen molar-refractivity contribution in [3.05, 3.63) is 125 Å². The van der Waals surface area contributed by atoms with Crippen LogP contribution in [0, 0.1) is 0 Å². The van der Waals surface area contributed by atoms with Gasteiger partial charge in [0.2, 0.25) is 0 Å². The summed E-state index contributed by atoms with van der Waals surface area (Å²) in [6.45, 7) is 27.7. The molecule has 0 saturated carbocycles. The van der Waals surface area contributed by atoms with Gasteiger partial charge in [-0.15, -0.1) is 0 Å². The van der Waals surface area contributed by atoms with Crippen LogP contribution < -0.4 is 21.1 Å². The third-order valence-corrected chi connectivity index (χ3v) is 12.8. The molecule has 0 saturated heterocycles. The molecule has 8 aromatic rings. The first kappa shape index (κ1) is 35.2. The van der Waals surface area contributed by atoms with Gasteiger partial charge in [0.1, 0.15) is 11.5 Å². The van der Waals surface area contributed by atoms with Crippen LogP contribution in [0.2, 0.25) is 0 Å². The topological polar surface area (TPSA) is 19.1 Å². The molecule has 0 N–H and O–H groups in total. The molecule has 2 aliphatic rings. The van der Waals surface area contributed by atoms with E-state index in [1.54, 1.807) is 0 Å². The van der Waals surface area contributed by atoms with Gasteiger partial charge in [0.05, 0.1) is 27.8 Å². The predicted octanol–water partition coefficient (Wildman–Crippen LogP) is 12.0. The van der Waals surface area contributed by atoms with Crippen molar-refractivity contribution in [3.63, 3.8) is 0 Å². The second-order valence-electron chi connectivity index (χ2n) is 20.7. The van der Waals surface area contributed by atoms with E-state index in [2.05, 4.69) is 195 Å². The highest BCUT2D eigenvalue weighted by molar-refractivity contribution is 6.99. The molecule has 0 amide bonds. The summed E-state index contributed by atoms with van der Waals surface area (Å²) < 4.78 is 12.3. The Balaban J connectivity index is 1.39. The van der Waals surface area contributed by atoms with Gasteiger partial charge in [-0.25, -0.2) is 0 Å². The molecule has 10 rings (SSSR count). The zero-order valence-electron chi connectivity index (χ0n) is 35.2. The third-order valence-electron chi connectivity index (χ3n) is 12.8. The number of fused-ring (bicyclic) bond motifs is 11. The monoisotopic (exact) mass is 732 g/mol. The standard InChI is InChI=1S/C52H53BN2O/c1-49(2,3)30-19-23-40-35(25-30)36-26-31(50(4,5)6)20-24-41(36)54(40)43-29-45-47-48-46(43)34-15-13-14-16-39(34)55(48)42-27-32(51(7,8)9)17-21-37(42)53(47)38-22-18-33(52(10,11)12)28-44(38)56-45/h13-29H,1-12H3. The minimum atomic E-state index is -0.00687. The van der Waals surface area contributed by atoms with Crippen LogP contribution >= 0.6 is 0 Å². The minimum absolute atomic E-state index is 0.000366. The van der Waals surface area contributed by atoms with E-state index < -0.39 is 0 Å². The van der Waals surface area contributed by atoms with Crippen LogP contribution in [0.25, 0.3) is 55.0 Å². The molecule has 0 aliphatic carbocycles. The molecule has 56 heavy (non-hydrogen) atoms. The summed E-state index contributed by atoms with van der Waals surface area (Å²) in [4.78, 5) is 0. The maximum absolute atomic E-state index is 7.23. The third kappa shape index (κ3) is 4.97. The highest BCUT2D eigenvalue weighted by atomic mass is 16.5. The van der Waals surface area contributed by atoms with E-state index in [-0.39, 0.29) is 28.4 Å². The Morgan fingerprint density at radius 3 is 1.52 bits per heavy atom. The molecule has 2 aliphatic heterocycles. The number of benzene rings is 6. The van der Waals surface area contributed by atoms with Crippen molar-refractivity contribution in [1.29, 1.82) is 0 Å². The quantitative estimate of drug-likeness (QED) is 0.154. The summed E-state index contributed by atoms with van der Waals surface area (Å²) in [5.74, 6) is 1.90. The van der Waals surface area contributed by atoms with Crippen LogP contribution in [-0.2, 0) is 21.7 Å². The van der Waals surface area contributed by atoms with Gasteiger partial charge >= 0.3 is 0 Å². The van der Waals surface area contributed by atoms with E-state index in [4.69, 9.17) is 4.74 Å². The molecule has 0 radical (unpaired) electrons. The van der Waals surface area contributed by atoms with Crippen LogP contribution in [0.4, 0.5) is 0 Å². The van der Waals surface area contributed by atoms with Crippen molar-refractivity contribution in [3.8, 4) is 22.9 Å². The molecule has 0 spiro atoms. The first-order chi connectivity index (χ1) is 26.3. The maximum Gasteiger partial charge on any atom is 0.256 e. The van der Waals surface area contributed by atoms with E-state index >= 15 is 0 Å². The SMILES string of the molecule is CC(C)(C)c1ccc2c(c1)Oc1cc(-n3c4ccc(C(C)(C)C)cc4c4cc(C(C)(C)C)ccc43)c3c4ccccc4n4c3c1B2c1ccc(C(C)(C)C)cc1-4. The van der Waals surface area contributed by atoms with Gasteiger partial charge < -0.3 is 13.9 Å². The van der Waals surface area contributed by atoms with Gasteiger partial charge in [0, 0.05) is 33.3 Å². The van der Waals surface area contributed by atoms with Gasteiger partial charge in [0.25, 0.3) is 6.71 Å². The number of para-hydroxylation sites is 1. The van der Waals surface area contributed by atoms with Crippen molar-refractivity contribution in [1.82, 2.24) is 9.13 Å². The van der Waals surface area contributed by atoms with Gasteiger partial charge in [-0.1, -0.05) is 138 Å². The van der Waals surface area contributed by atoms with E-state index in [9.17, 15) is 0 Å². The lowest BCUT2D eigenvalue weighted by Gasteiger charge is -2.35. The molecule has 280 valence electrons. The Labute approximate surface area is 332 Å². The second kappa shape index (κ2) is 11.2. The molecular weight excluding hydrogens is 679 g/mol. The largest absolute Gasteiger partial charge is 0.458 e. The number of rotatable bonds is 1. The summed E-state index contributed by atoms with van der Waals surface area (Å²) >= 11 is 0. The number of hydrogen-bond acceptors (Lipinski definition) is 1. The molecular formula is C52H53BN2O. The Bertz CT molecular complexity index is 2910. The molecule has 0 fully saturated rings. The smallest absolute Gasteiger partial charge is 0.256 e. The Kier molecular flexibility index (Phi) is 7.05. The van der Waals surface area contributed by atoms with Crippen LogP contribution in [0.5, 0.6) is 11.5 Å². The van der Waals surface area contributed by atoms with Crippen LogP contribution in [0.1, 0.15) is 105 Å². The molecule has 3 nitrogen and oxygen atoms in total. The Morgan fingerprint density at radius 2 is 0.929 bits per heavy atom. The van der Waals surface area contributed by atoms with Crippen molar-refractivity contribution in [2.75, 3.05) is 0 Å². The highest BCUT2D eigenvalue weighted by Gasteiger charge is 2.42. The Hall–Kier alpha value is -5.22. The fraction of sp³-hybridized carbons (Fsp3) is 0.308. The van der Waals surface area contributed by atoms with Crippen LogP contribution in [-0.4, -0.2) is 15.8 Å². The van der Waals surface area contributed by atoms with Crippen LogP contribution in [0.3, 0.4) is 0 Å². The molecule has 0 bridgehead atoms. The molecule has 0 atom stereocenters. The lowest BCUT2D eigenvalue weighted by Crippen LogP contribution is -2.58. The first-order valence-electron chi connectivity index (χ1n) is 20.5. The van der Waals surface area contributed by atoms with E-state index in [0.29, 0.717) is 0 Å². The summed E-state index contributed by atoms with van der Waals surface area (Å²) in [6, 6.07) is 39.9. The predicted molar refractivity (Wildman–Crippen MR) is 241 cm³/mol. The van der Waals surface area contributed by atoms with E-state index in [1.807, 2.05) is 0 Å². The summed E-state index contributed by atoms with van der Waals surface area (Å²) in [6.07, 6.45) is 0. The number of aromatic nitrogens is 2. The zero-order valence-corrected chi connectivity index (χ0v) is 35.2. The zero-order chi connectivity index (χ0) is 39.4. The lowest BCUT2D eigenvalue weighted by molar-refractivity contribution is 0.483. The lowest BCUT2D eigenvalue weighted by atomic mass is 9.34. The average Bonchev–Trinajstić information content (AvgIpc) is 3.65. The van der Waals surface area contributed by atoms with Crippen LogP contribution in [0.15, 0.2) is 103 Å². The summed E-state index contributed by atoms with van der Waals surface area (Å²) in [5, 5.41) is 5.11. The van der Waals surface area contributed by atoms with Gasteiger partial charge in [-0.3, -0.25) is 0 Å². The van der Waals surface area contributed by atoms with Gasteiger partial charge in [0.15, 0.2) is 0 Å². The Morgan fingerprint density at radius 1 is 0.429 bits per heavy atom. The number of nitrogens with zero attached hydrogens (tertiary/aromatic N) is 2. The number of hydrogen-bond donors (Lipinski definition) is 0. The molecule has 2 aromatic heterocycles. The number of ether oxygens (including phenoxy) is 1. The average molecular weight is 733 g/mol. The fourth-order valence-corrected chi connectivity index (χ4v) is 9.52. The van der Waals surface area contributed by atoms with Crippen molar-refractivity contribution in [2.45, 2.75) is 105 Å². The van der Waals surface area contributed by atoms with Crippen molar-refractivity contribution >= 4 is 66.7 Å². The molecule has 6 aromatic carbocycles.